The summed E-state index contributed by atoms with van der Waals surface area (Å²) >= 11 is 0. The molecule has 0 saturated heterocycles. The van der Waals surface area contributed by atoms with Crippen molar-refractivity contribution in [1.82, 2.24) is 25.0 Å². The topological polar surface area (TPSA) is 56.5 Å². The Kier molecular flexibility index (Phi) is 2.07. The largest absolute Gasteiger partial charge is 0.253 e. The summed E-state index contributed by atoms with van der Waals surface area (Å²) in [5, 5.41) is 8.06. The van der Waals surface area contributed by atoms with Gasteiger partial charge in [0.15, 0.2) is 0 Å². The number of fused-ring (bicyclic) bond motifs is 1. The van der Waals surface area contributed by atoms with Gasteiger partial charge in [0, 0.05) is 0 Å². The zero-order valence-corrected chi connectivity index (χ0v) is 8.48. The second-order valence-corrected chi connectivity index (χ2v) is 3.41. The second kappa shape index (κ2) is 3.69. The van der Waals surface area contributed by atoms with Crippen LogP contribution in [0.15, 0.2) is 42.9 Å². The van der Waals surface area contributed by atoms with Crippen molar-refractivity contribution >= 4 is 11.0 Å². The molecular weight excluding hydrogens is 202 g/mol. The van der Waals surface area contributed by atoms with E-state index in [0.717, 1.165) is 16.7 Å². The van der Waals surface area contributed by atoms with Gasteiger partial charge in [0.05, 0.1) is 35.3 Å². The van der Waals surface area contributed by atoms with Crippen molar-refractivity contribution in [3.8, 4) is 0 Å². The molecule has 5 heteroatoms. The Morgan fingerprint density at radius 3 is 2.56 bits per heavy atom. The fourth-order valence-corrected chi connectivity index (χ4v) is 1.54. The lowest BCUT2D eigenvalue weighted by atomic mass is 10.3. The summed E-state index contributed by atoms with van der Waals surface area (Å²) in [6, 6.07) is 7.79. The molecule has 5 nitrogen and oxygen atoms in total. The Hall–Kier alpha value is -2.30. The van der Waals surface area contributed by atoms with E-state index in [4.69, 9.17) is 0 Å². The third-order valence-electron chi connectivity index (χ3n) is 2.27. The number of hydrogen-bond acceptors (Lipinski definition) is 4. The van der Waals surface area contributed by atoms with E-state index < -0.39 is 0 Å². The van der Waals surface area contributed by atoms with Gasteiger partial charge in [-0.1, -0.05) is 12.1 Å². The molecule has 78 valence electrons. The van der Waals surface area contributed by atoms with Crippen LogP contribution in [0.25, 0.3) is 11.0 Å². The highest BCUT2D eigenvalue weighted by atomic mass is 15.5. The van der Waals surface area contributed by atoms with Gasteiger partial charge in [0.1, 0.15) is 6.54 Å². The molecule has 0 N–H and O–H groups in total. The van der Waals surface area contributed by atoms with E-state index in [1.165, 1.54) is 0 Å². The van der Waals surface area contributed by atoms with E-state index in [0.29, 0.717) is 6.54 Å². The Bertz CT molecular complexity index is 603. The van der Waals surface area contributed by atoms with Crippen molar-refractivity contribution in [3.05, 3.63) is 48.5 Å². The first-order chi connectivity index (χ1) is 7.92. The quantitative estimate of drug-likeness (QED) is 0.640. The predicted octanol–water partition coefficient (Wildman–Crippen LogP) is 1.27. The lowest BCUT2D eigenvalue weighted by Gasteiger charge is -2.01. The molecule has 0 aliphatic carbocycles. The average molecular weight is 211 g/mol. The SMILES string of the molecule is c1ccc2nc(Cn3nccn3)cnc2c1. The molecular formula is C11H9N5. The van der Waals surface area contributed by atoms with Crippen LogP contribution in [-0.2, 0) is 6.54 Å². The Labute approximate surface area is 91.8 Å². The minimum atomic E-state index is 0.546. The maximum Gasteiger partial charge on any atom is 0.104 e. The van der Waals surface area contributed by atoms with Gasteiger partial charge < -0.3 is 0 Å². The van der Waals surface area contributed by atoms with Crippen molar-refractivity contribution in [1.29, 1.82) is 0 Å². The summed E-state index contributed by atoms with van der Waals surface area (Å²) in [5.41, 5.74) is 2.65. The first kappa shape index (κ1) is 8.96. The third kappa shape index (κ3) is 1.63. The zero-order chi connectivity index (χ0) is 10.8. The van der Waals surface area contributed by atoms with E-state index in [-0.39, 0.29) is 0 Å². The Morgan fingerprint density at radius 1 is 1.00 bits per heavy atom. The fraction of sp³-hybridized carbons (Fsp3) is 0.0909. The van der Waals surface area contributed by atoms with Crippen molar-refractivity contribution in [2.24, 2.45) is 0 Å². The van der Waals surface area contributed by atoms with Crippen LogP contribution in [0.5, 0.6) is 0 Å². The van der Waals surface area contributed by atoms with E-state index in [2.05, 4.69) is 20.2 Å². The minimum absolute atomic E-state index is 0.546. The van der Waals surface area contributed by atoms with E-state index in [9.17, 15) is 0 Å². The maximum atomic E-state index is 4.49. The zero-order valence-electron chi connectivity index (χ0n) is 8.48. The van der Waals surface area contributed by atoms with Crippen LogP contribution in [-0.4, -0.2) is 25.0 Å². The molecule has 0 spiro atoms. The van der Waals surface area contributed by atoms with Crippen molar-refractivity contribution < 1.29 is 0 Å². The van der Waals surface area contributed by atoms with Crippen LogP contribution in [0.2, 0.25) is 0 Å². The van der Waals surface area contributed by atoms with E-state index >= 15 is 0 Å². The van der Waals surface area contributed by atoms with Crippen molar-refractivity contribution in [3.63, 3.8) is 0 Å². The van der Waals surface area contributed by atoms with Gasteiger partial charge in [-0.2, -0.15) is 15.0 Å². The molecule has 0 aliphatic rings. The molecule has 0 fully saturated rings. The first-order valence-corrected chi connectivity index (χ1v) is 4.96. The van der Waals surface area contributed by atoms with Gasteiger partial charge in [-0.25, -0.2) is 4.98 Å². The number of aromatic nitrogens is 5. The number of rotatable bonds is 2. The standard InChI is InChI=1S/C11H9N5/c1-2-4-11-10(3-1)12-7-9(15-11)8-16-13-5-6-14-16/h1-7H,8H2. The average Bonchev–Trinajstić information content (AvgIpc) is 2.82. The van der Waals surface area contributed by atoms with Gasteiger partial charge in [0.25, 0.3) is 0 Å². The maximum absolute atomic E-state index is 4.49. The molecule has 0 radical (unpaired) electrons. The molecule has 2 aromatic heterocycles. The van der Waals surface area contributed by atoms with Crippen molar-refractivity contribution in [2.45, 2.75) is 6.54 Å². The molecule has 0 aliphatic heterocycles. The van der Waals surface area contributed by atoms with Crippen molar-refractivity contribution in [2.75, 3.05) is 0 Å². The monoisotopic (exact) mass is 211 g/mol. The van der Waals surface area contributed by atoms with Gasteiger partial charge in [-0.05, 0) is 12.1 Å². The summed E-state index contributed by atoms with van der Waals surface area (Å²) in [6.07, 6.45) is 5.05. The van der Waals surface area contributed by atoms with Gasteiger partial charge in [0.2, 0.25) is 0 Å². The van der Waals surface area contributed by atoms with E-state index in [1.54, 1.807) is 23.4 Å². The first-order valence-electron chi connectivity index (χ1n) is 4.96. The molecule has 0 saturated carbocycles. The fourth-order valence-electron chi connectivity index (χ4n) is 1.54. The summed E-state index contributed by atoms with van der Waals surface area (Å²) in [4.78, 5) is 10.4. The molecule has 0 bridgehead atoms. The van der Waals surface area contributed by atoms with Gasteiger partial charge in [-0.3, -0.25) is 4.98 Å². The summed E-state index contributed by atoms with van der Waals surface area (Å²) in [6.45, 7) is 0.546. The smallest absolute Gasteiger partial charge is 0.104 e. The summed E-state index contributed by atoms with van der Waals surface area (Å²) in [5.74, 6) is 0. The normalized spacial score (nSPS) is 10.8. The van der Waals surface area contributed by atoms with Crippen LogP contribution in [0.3, 0.4) is 0 Å². The summed E-state index contributed by atoms with van der Waals surface area (Å²) in [7, 11) is 0. The highest BCUT2D eigenvalue weighted by Crippen LogP contribution is 2.08. The van der Waals surface area contributed by atoms with Crippen LogP contribution in [0.1, 0.15) is 5.69 Å². The van der Waals surface area contributed by atoms with Crippen LogP contribution < -0.4 is 0 Å². The van der Waals surface area contributed by atoms with Crippen LogP contribution >= 0.6 is 0 Å². The predicted molar refractivity (Wildman–Crippen MR) is 58.7 cm³/mol. The molecule has 3 rings (SSSR count). The van der Waals surface area contributed by atoms with E-state index in [1.807, 2.05) is 24.3 Å². The number of para-hydroxylation sites is 2. The van der Waals surface area contributed by atoms with Gasteiger partial charge in [-0.15, -0.1) is 0 Å². The highest BCUT2D eigenvalue weighted by molar-refractivity contribution is 5.73. The lowest BCUT2D eigenvalue weighted by molar-refractivity contribution is 0.582. The molecule has 2 heterocycles. The third-order valence-corrected chi connectivity index (χ3v) is 2.27. The minimum Gasteiger partial charge on any atom is -0.253 e. The molecule has 0 amide bonds. The summed E-state index contributed by atoms with van der Waals surface area (Å²) < 4.78 is 0. The number of hydrogen-bond donors (Lipinski definition) is 0. The second-order valence-electron chi connectivity index (χ2n) is 3.41. The Morgan fingerprint density at radius 2 is 1.75 bits per heavy atom. The van der Waals surface area contributed by atoms with Crippen LogP contribution in [0.4, 0.5) is 0 Å². The molecule has 1 aromatic carbocycles. The number of benzene rings is 1. The van der Waals surface area contributed by atoms with Gasteiger partial charge >= 0.3 is 0 Å². The Balaban J connectivity index is 1.99. The molecule has 0 atom stereocenters. The molecule has 16 heavy (non-hydrogen) atoms. The lowest BCUT2D eigenvalue weighted by Crippen LogP contribution is -2.05. The highest BCUT2D eigenvalue weighted by Gasteiger charge is 2.00. The van der Waals surface area contributed by atoms with Crippen LogP contribution in [0, 0.1) is 0 Å². The number of nitrogens with zero attached hydrogens (tertiary/aromatic N) is 5. The molecule has 3 aromatic rings. The molecule has 0 unspecified atom stereocenters.